The van der Waals surface area contributed by atoms with Crippen molar-refractivity contribution < 1.29 is 23.1 Å². The van der Waals surface area contributed by atoms with Crippen LogP contribution in [0.3, 0.4) is 0 Å². The van der Waals surface area contributed by atoms with Gasteiger partial charge in [0.05, 0.1) is 25.5 Å². The fourth-order valence-electron chi connectivity index (χ4n) is 2.22. The van der Waals surface area contributed by atoms with Crippen LogP contribution in [0.2, 0.25) is 0 Å². The summed E-state index contributed by atoms with van der Waals surface area (Å²) in [5.74, 6) is 0.863. The van der Waals surface area contributed by atoms with Gasteiger partial charge in [0, 0.05) is 5.69 Å². The first-order valence-corrected chi connectivity index (χ1v) is 8.81. The minimum atomic E-state index is -0.367. The van der Waals surface area contributed by atoms with Crippen LogP contribution in [0.25, 0.3) is 11.5 Å². The van der Waals surface area contributed by atoms with Crippen molar-refractivity contribution >= 4 is 23.4 Å². The van der Waals surface area contributed by atoms with E-state index in [0.717, 1.165) is 11.8 Å². The van der Waals surface area contributed by atoms with Gasteiger partial charge in [0.2, 0.25) is 5.91 Å². The van der Waals surface area contributed by atoms with Crippen molar-refractivity contribution in [2.75, 3.05) is 25.3 Å². The van der Waals surface area contributed by atoms with E-state index in [0.29, 0.717) is 22.7 Å². The van der Waals surface area contributed by atoms with Crippen LogP contribution in [0, 0.1) is 5.82 Å². The number of aromatic nitrogens is 2. The molecular formula is C18H16FN3O4S. The molecule has 0 radical (unpaired) electrons. The molecule has 1 heterocycles. The van der Waals surface area contributed by atoms with E-state index in [-0.39, 0.29) is 28.6 Å². The number of halogens is 1. The molecule has 0 saturated carbocycles. The Morgan fingerprint density at radius 2 is 1.93 bits per heavy atom. The molecule has 1 aromatic heterocycles. The van der Waals surface area contributed by atoms with E-state index in [1.54, 1.807) is 25.3 Å². The molecule has 0 aliphatic carbocycles. The number of hydrogen-bond acceptors (Lipinski definition) is 7. The summed E-state index contributed by atoms with van der Waals surface area (Å²) in [6, 6.07) is 10.7. The molecule has 0 aliphatic heterocycles. The Morgan fingerprint density at radius 3 is 2.63 bits per heavy atom. The number of rotatable bonds is 7. The maximum absolute atomic E-state index is 12.9. The smallest absolute Gasteiger partial charge is 0.277 e. The summed E-state index contributed by atoms with van der Waals surface area (Å²) in [5.41, 5.74) is 1.10. The molecule has 3 rings (SSSR count). The molecule has 2 aromatic carbocycles. The van der Waals surface area contributed by atoms with Crippen molar-refractivity contribution in [2.24, 2.45) is 0 Å². The number of methoxy groups -OCH3 is 2. The van der Waals surface area contributed by atoms with Crippen molar-refractivity contribution in [1.82, 2.24) is 10.2 Å². The summed E-state index contributed by atoms with van der Waals surface area (Å²) in [5, 5.41) is 10.8. The molecule has 7 nitrogen and oxygen atoms in total. The third-order valence-electron chi connectivity index (χ3n) is 3.50. The first kappa shape index (κ1) is 18.7. The number of thioether (sulfide) groups is 1. The van der Waals surface area contributed by atoms with Gasteiger partial charge in [-0.1, -0.05) is 11.8 Å². The maximum atomic E-state index is 12.9. The van der Waals surface area contributed by atoms with Crippen LogP contribution in [0.4, 0.5) is 10.1 Å². The van der Waals surface area contributed by atoms with E-state index in [4.69, 9.17) is 13.9 Å². The first-order valence-electron chi connectivity index (χ1n) is 7.83. The molecule has 1 N–H and O–H groups in total. The van der Waals surface area contributed by atoms with Gasteiger partial charge in [0.1, 0.15) is 17.3 Å². The number of nitrogens with zero attached hydrogens (tertiary/aromatic N) is 2. The summed E-state index contributed by atoms with van der Waals surface area (Å²) in [4.78, 5) is 12.0. The van der Waals surface area contributed by atoms with Gasteiger partial charge in [-0.05, 0) is 42.5 Å². The van der Waals surface area contributed by atoms with Gasteiger partial charge in [-0.15, -0.1) is 10.2 Å². The predicted octanol–water partition coefficient (Wildman–Crippen LogP) is 3.62. The monoisotopic (exact) mass is 389 g/mol. The van der Waals surface area contributed by atoms with E-state index in [1.807, 2.05) is 0 Å². The molecule has 0 bridgehead atoms. The second-order valence-electron chi connectivity index (χ2n) is 5.28. The molecule has 0 fully saturated rings. The largest absolute Gasteiger partial charge is 0.497 e. The number of carbonyl (C=O) groups is 1. The minimum Gasteiger partial charge on any atom is -0.497 e. The van der Waals surface area contributed by atoms with Gasteiger partial charge in [-0.25, -0.2) is 4.39 Å². The SMILES string of the molecule is COc1ccc(OC)c(-c2nnc(SCC(=O)Nc3ccc(F)cc3)o2)c1. The highest BCUT2D eigenvalue weighted by Gasteiger charge is 2.16. The van der Waals surface area contributed by atoms with Gasteiger partial charge in [-0.3, -0.25) is 4.79 Å². The van der Waals surface area contributed by atoms with Crippen LogP contribution in [0.15, 0.2) is 52.1 Å². The quantitative estimate of drug-likeness (QED) is 0.618. The Morgan fingerprint density at radius 1 is 1.15 bits per heavy atom. The molecule has 9 heteroatoms. The van der Waals surface area contributed by atoms with Crippen LogP contribution >= 0.6 is 11.8 Å². The minimum absolute atomic E-state index is 0.0637. The first-order chi connectivity index (χ1) is 13.1. The Balaban J connectivity index is 1.64. The maximum Gasteiger partial charge on any atom is 0.277 e. The molecule has 0 saturated heterocycles. The topological polar surface area (TPSA) is 86.5 Å². The van der Waals surface area contributed by atoms with Crippen molar-refractivity contribution in [1.29, 1.82) is 0 Å². The molecule has 27 heavy (non-hydrogen) atoms. The van der Waals surface area contributed by atoms with E-state index in [1.165, 1.54) is 31.4 Å². The Kier molecular flexibility index (Phi) is 5.92. The van der Waals surface area contributed by atoms with E-state index >= 15 is 0 Å². The average Bonchev–Trinajstić information content (AvgIpc) is 3.16. The fraction of sp³-hybridized carbons (Fsp3) is 0.167. The Hall–Kier alpha value is -3.07. The number of ether oxygens (including phenoxy) is 2. The number of amides is 1. The number of benzene rings is 2. The molecule has 1 amide bonds. The predicted molar refractivity (Wildman–Crippen MR) is 98.6 cm³/mol. The van der Waals surface area contributed by atoms with Gasteiger partial charge < -0.3 is 19.2 Å². The van der Waals surface area contributed by atoms with Crippen molar-refractivity contribution in [3.63, 3.8) is 0 Å². The molecule has 0 unspecified atom stereocenters. The van der Waals surface area contributed by atoms with Crippen molar-refractivity contribution in [3.8, 4) is 23.0 Å². The number of anilines is 1. The summed E-state index contributed by atoms with van der Waals surface area (Å²) in [6.07, 6.45) is 0. The lowest BCUT2D eigenvalue weighted by Crippen LogP contribution is -2.13. The lowest BCUT2D eigenvalue weighted by molar-refractivity contribution is -0.113. The van der Waals surface area contributed by atoms with Crippen molar-refractivity contribution in [3.05, 3.63) is 48.3 Å². The summed E-state index contributed by atoms with van der Waals surface area (Å²) >= 11 is 1.09. The van der Waals surface area contributed by atoms with Crippen LogP contribution in [0.1, 0.15) is 0 Å². The lowest BCUT2D eigenvalue weighted by Gasteiger charge is -2.07. The summed E-state index contributed by atoms with van der Waals surface area (Å²) in [6.45, 7) is 0. The average molecular weight is 389 g/mol. The summed E-state index contributed by atoms with van der Waals surface area (Å²) < 4.78 is 29.0. The fourth-order valence-corrected chi connectivity index (χ4v) is 2.78. The van der Waals surface area contributed by atoms with E-state index in [2.05, 4.69) is 15.5 Å². The van der Waals surface area contributed by atoms with E-state index in [9.17, 15) is 9.18 Å². The molecular weight excluding hydrogens is 373 g/mol. The van der Waals surface area contributed by atoms with Gasteiger partial charge in [0.25, 0.3) is 11.1 Å². The van der Waals surface area contributed by atoms with Crippen LogP contribution in [-0.2, 0) is 4.79 Å². The number of nitrogens with one attached hydrogen (secondary N) is 1. The zero-order chi connectivity index (χ0) is 19.2. The Labute approximate surface area is 158 Å². The normalized spacial score (nSPS) is 10.5. The lowest BCUT2D eigenvalue weighted by atomic mass is 10.2. The zero-order valence-corrected chi connectivity index (χ0v) is 15.4. The van der Waals surface area contributed by atoms with Crippen LogP contribution < -0.4 is 14.8 Å². The van der Waals surface area contributed by atoms with Gasteiger partial charge in [-0.2, -0.15) is 0 Å². The van der Waals surface area contributed by atoms with Crippen molar-refractivity contribution in [2.45, 2.75) is 5.22 Å². The molecule has 0 aliphatic rings. The standard InChI is InChI=1S/C18H16FN3O4S/c1-24-13-7-8-15(25-2)14(9-13)17-21-22-18(26-17)27-10-16(23)20-12-5-3-11(19)4-6-12/h3-9H,10H2,1-2H3,(H,20,23). The van der Waals surface area contributed by atoms with Gasteiger partial charge in [0.15, 0.2) is 0 Å². The highest BCUT2D eigenvalue weighted by molar-refractivity contribution is 7.99. The van der Waals surface area contributed by atoms with Gasteiger partial charge >= 0.3 is 0 Å². The molecule has 0 spiro atoms. The molecule has 0 atom stereocenters. The highest BCUT2D eigenvalue weighted by atomic mass is 32.2. The summed E-state index contributed by atoms with van der Waals surface area (Å²) in [7, 11) is 3.09. The second-order valence-corrected chi connectivity index (χ2v) is 6.21. The van der Waals surface area contributed by atoms with Crippen LogP contribution in [-0.4, -0.2) is 36.1 Å². The Bertz CT molecular complexity index is 931. The third kappa shape index (κ3) is 4.76. The zero-order valence-electron chi connectivity index (χ0n) is 14.6. The third-order valence-corrected chi connectivity index (χ3v) is 4.32. The van der Waals surface area contributed by atoms with Crippen LogP contribution in [0.5, 0.6) is 11.5 Å². The second kappa shape index (κ2) is 8.54. The number of carbonyl (C=O) groups excluding carboxylic acids is 1. The van der Waals surface area contributed by atoms with E-state index < -0.39 is 0 Å². The molecule has 140 valence electrons. The number of hydrogen-bond donors (Lipinski definition) is 1. The molecule has 3 aromatic rings. The highest BCUT2D eigenvalue weighted by Crippen LogP contribution is 2.33.